The molecule has 0 unspecified atom stereocenters. The highest BCUT2D eigenvalue weighted by atomic mass is 16.3. The molecule has 1 aliphatic carbocycles. The summed E-state index contributed by atoms with van der Waals surface area (Å²) in [4.78, 5) is 28.6. The van der Waals surface area contributed by atoms with Crippen molar-refractivity contribution >= 4 is 29.1 Å². The number of nitrogens with zero attached hydrogens (tertiary/aromatic N) is 1. The number of aliphatic hydroxyl groups is 1. The van der Waals surface area contributed by atoms with Crippen LogP contribution in [0.5, 0.6) is 0 Å². The van der Waals surface area contributed by atoms with Crippen LogP contribution < -0.4 is 4.90 Å². The molecule has 3 aromatic rings. The van der Waals surface area contributed by atoms with Crippen LogP contribution in [0.4, 0.5) is 5.69 Å². The maximum atomic E-state index is 13.3. The van der Waals surface area contributed by atoms with E-state index in [0.29, 0.717) is 16.7 Å². The van der Waals surface area contributed by atoms with Gasteiger partial charge in [0.05, 0.1) is 5.57 Å². The van der Waals surface area contributed by atoms with Crippen molar-refractivity contribution in [3.63, 3.8) is 0 Å². The van der Waals surface area contributed by atoms with Gasteiger partial charge in [-0.2, -0.15) is 0 Å². The molecule has 0 spiro atoms. The fourth-order valence-corrected chi connectivity index (χ4v) is 3.54. The molecule has 0 bridgehead atoms. The van der Waals surface area contributed by atoms with Gasteiger partial charge in [0.2, 0.25) is 0 Å². The number of hydrogen-bond donors (Lipinski definition) is 1. The molecule has 3 aromatic carbocycles. The lowest BCUT2D eigenvalue weighted by Crippen LogP contribution is -2.24. The zero-order valence-electron chi connectivity index (χ0n) is 16.8. The minimum atomic E-state index is -0.359. The summed E-state index contributed by atoms with van der Waals surface area (Å²) in [6.45, 7) is 0. The summed E-state index contributed by atoms with van der Waals surface area (Å²) in [6.07, 6.45) is 1.67. The number of carbonyl (C=O) groups is 2. The van der Waals surface area contributed by atoms with Crippen molar-refractivity contribution in [2.75, 3.05) is 19.0 Å². The van der Waals surface area contributed by atoms with E-state index < -0.39 is 0 Å². The van der Waals surface area contributed by atoms with Gasteiger partial charge in [-0.1, -0.05) is 66.7 Å². The summed E-state index contributed by atoms with van der Waals surface area (Å²) >= 11 is 0. The molecular weight excluding hydrogens is 374 g/mol. The monoisotopic (exact) mass is 395 g/mol. The Hall–Kier alpha value is -3.92. The standard InChI is InChI=1S/C26H21NO3/c1-27(2)19-14-12-17(13-15-19)16-22-23(24(28)18-8-4-3-5-9-18)26(30)21-11-7-6-10-20(21)25(22)29/h3-16,28H,1-2H3/b22-16-,24-23-. The van der Waals surface area contributed by atoms with Gasteiger partial charge in [-0.15, -0.1) is 0 Å². The lowest BCUT2D eigenvalue weighted by molar-refractivity contribution is 0.0972. The zero-order valence-corrected chi connectivity index (χ0v) is 16.8. The van der Waals surface area contributed by atoms with E-state index in [1.807, 2.05) is 49.3 Å². The highest BCUT2D eigenvalue weighted by Crippen LogP contribution is 2.35. The molecule has 4 rings (SSSR count). The van der Waals surface area contributed by atoms with Crippen molar-refractivity contribution < 1.29 is 14.7 Å². The first-order chi connectivity index (χ1) is 14.5. The van der Waals surface area contributed by atoms with Crippen molar-refractivity contribution in [3.05, 3.63) is 112 Å². The first kappa shape index (κ1) is 19.4. The Morgan fingerprint density at radius 2 is 1.33 bits per heavy atom. The van der Waals surface area contributed by atoms with Crippen molar-refractivity contribution in [1.29, 1.82) is 0 Å². The first-order valence-electron chi connectivity index (χ1n) is 9.64. The molecule has 0 fully saturated rings. The zero-order chi connectivity index (χ0) is 21.3. The van der Waals surface area contributed by atoms with Crippen LogP contribution in [0.15, 0.2) is 90.0 Å². The second-order valence-corrected chi connectivity index (χ2v) is 7.34. The van der Waals surface area contributed by atoms with Crippen LogP contribution in [-0.2, 0) is 0 Å². The normalized spacial score (nSPS) is 16.4. The van der Waals surface area contributed by atoms with Gasteiger partial charge in [0.1, 0.15) is 5.76 Å². The average molecular weight is 395 g/mol. The molecule has 0 aliphatic heterocycles. The number of aliphatic hydroxyl groups excluding tert-OH is 1. The summed E-state index contributed by atoms with van der Waals surface area (Å²) < 4.78 is 0. The van der Waals surface area contributed by atoms with Gasteiger partial charge < -0.3 is 10.0 Å². The molecule has 0 saturated heterocycles. The summed E-state index contributed by atoms with van der Waals surface area (Å²) in [7, 11) is 3.90. The van der Waals surface area contributed by atoms with E-state index in [9.17, 15) is 14.7 Å². The molecule has 0 radical (unpaired) electrons. The van der Waals surface area contributed by atoms with Crippen LogP contribution in [-0.4, -0.2) is 30.8 Å². The predicted octanol–water partition coefficient (Wildman–Crippen LogP) is 5.18. The molecule has 148 valence electrons. The van der Waals surface area contributed by atoms with E-state index in [0.717, 1.165) is 11.3 Å². The number of rotatable bonds is 3. The first-order valence-corrected chi connectivity index (χ1v) is 9.64. The van der Waals surface area contributed by atoms with Gasteiger partial charge in [0.15, 0.2) is 11.6 Å². The second-order valence-electron chi connectivity index (χ2n) is 7.34. The third-order valence-corrected chi connectivity index (χ3v) is 5.16. The molecule has 30 heavy (non-hydrogen) atoms. The number of Topliss-reactive ketones (excluding diaryl/α,β-unsaturated/α-hetero) is 2. The van der Waals surface area contributed by atoms with Gasteiger partial charge in [-0.3, -0.25) is 9.59 Å². The fraction of sp³-hybridized carbons (Fsp3) is 0.0769. The maximum absolute atomic E-state index is 13.3. The fourth-order valence-electron chi connectivity index (χ4n) is 3.54. The number of benzene rings is 3. The number of anilines is 1. The molecule has 0 heterocycles. The summed E-state index contributed by atoms with van der Waals surface area (Å²) in [5.41, 5.74) is 3.16. The SMILES string of the molecule is CN(C)c1ccc(/C=C2\C(=O)c3ccccc3C(=O)\C2=C(/O)c2ccccc2)cc1. The number of carbonyl (C=O) groups excluding carboxylic acids is 2. The largest absolute Gasteiger partial charge is 0.507 e. The van der Waals surface area contributed by atoms with Crippen LogP contribution in [0.1, 0.15) is 31.8 Å². The topological polar surface area (TPSA) is 57.6 Å². The molecule has 1 N–H and O–H groups in total. The van der Waals surface area contributed by atoms with Crippen LogP contribution in [0.25, 0.3) is 11.8 Å². The third-order valence-electron chi connectivity index (χ3n) is 5.16. The van der Waals surface area contributed by atoms with Crippen LogP contribution >= 0.6 is 0 Å². The maximum Gasteiger partial charge on any atom is 0.198 e. The minimum Gasteiger partial charge on any atom is -0.507 e. The molecule has 0 atom stereocenters. The molecule has 1 aliphatic rings. The predicted molar refractivity (Wildman–Crippen MR) is 120 cm³/mol. The lowest BCUT2D eigenvalue weighted by Gasteiger charge is -2.21. The van der Waals surface area contributed by atoms with E-state index in [1.165, 1.54) is 0 Å². The van der Waals surface area contributed by atoms with Gasteiger partial charge in [0.25, 0.3) is 0 Å². The quantitative estimate of drug-likeness (QED) is 0.490. The minimum absolute atomic E-state index is 0.0292. The Morgan fingerprint density at radius 1 is 0.767 bits per heavy atom. The van der Waals surface area contributed by atoms with Crippen LogP contribution in [0, 0.1) is 0 Å². The van der Waals surface area contributed by atoms with Crippen LogP contribution in [0.3, 0.4) is 0 Å². The van der Waals surface area contributed by atoms with Gasteiger partial charge in [0, 0.05) is 42.0 Å². The van der Waals surface area contributed by atoms with Gasteiger partial charge in [-0.25, -0.2) is 0 Å². The third kappa shape index (κ3) is 3.44. The van der Waals surface area contributed by atoms with Crippen molar-refractivity contribution in [2.24, 2.45) is 0 Å². The van der Waals surface area contributed by atoms with Crippen LogP contribution in [0.2, 0.25) is 0 Å². The van der Waals surface area contributed by atoms with E-state index in [1.54, 1.807) is 54.6 Å². The molecule has 0 saturated carbocycles. The van der Waals surface area contributed by atoms with Gasteiger partial charge >= 0.3 is 0 Å². The van der Waals surface area contributed by atoms with E-state index in [-0.39, 0.29) is 28.5 Å². The number of hydrogen-bond acceptors (Lipinski definition) is 4. The highest BCUT2D eigenvalue weighted by molar-refractivity contribution is 6.34. The molecule has 0 aromatic heterocycles. The summed E-state index contributed by atoms with van der Waals surface area (Å²) in [6, 6.07) is 23.2. The highest BCUT2D eigenvalue weighted by Gasteiger charge is 2.35. The smallest absolute Gasteiger partial charge is 0.198 e. The van der Waals surface area contributed by atoms with Gasteiger partial charge in [-0.05, 0) is 23.8 Å². The van der Waals surface area contributed by atoms with Crippen molar-refractivity contribution in [3.8, 4) is 0 Å². The Kier molecular flexibility index (Phi) is 5.07. The van der Waals surface area contributed by atoms with Crippen molar-refractivity contribution in [1.82, 2.24) is 0 Å². The summed E-state index contributed by atoms with van der Waals surface area (Å²) in [5, 5.41) is 11.0. The number of allylic oxidation sites excluding steroid dienone is 2. The Balaban J connectivity index is 1.93. The van der Waals surface area contributed by atoms with E-state index in [4.69, 9.17) is 0 Å². The van der Waals surface area contributed by atoms with E-state index in [2.05, 4.69) is 0 Å². The lowest BCUT2D eigenvalue weighted by atomic mass is 9.80. The Bertz CT molecular complexity index is 1190. The molecule has 4 nitrogen and oxygen atoms in total. The number of fused-ring (bicyclic) bond motifs is 1. The Labute approximate surface area is 175 Å². The van der Waals surface area contributed by atoms with Crippen molar-refractivity contribution in [2.45, 2.75) is 0 Å². The molecule has 0 amide bonds. The number of ketones is 2. The molecular formula is C26H21NO3. The van der Waals surface area contributed by atoms with E-state index >= 15 is 0 Å². The second kappa shape index (κ2) is 7.84. The average Bonchev–Trinajstić information content (AvgIpc) is 2.78. The molecule has 4 heteroatoms. The Morgan fingerprint density at radius 3 is 1.93 bits per heavy atom. The summed E-state index contributed by atoms with van der Waals surface area (Å²) in [5.74, 6) is -0.832.